The highest BCUT2D eigenvalue weighted by Gasteiger charge is 2.36. The lowest BCUT2D eigenvalue weighted by molar-refractivity contribution is -0.135. The summed E-state index contributed by atoms with van der Waals surface area (Å²) in [6.07, 6.45) is 3.85. The molecule has 7 heteroatoms. The molecule has 2 aromatic rings. The molecule has 1 aromatic heterocycles. The highest BCUT2D eigenvalue weighted by molar-refractivity contribution is 6.00. The fourth-order valence-corrected chi connectivity index (χ4v) is 3.12. The Morgan fingerprint density at radius 1 is 1.44 bits per heavy atom. The van der Waals surface area contributed by atoms with Crippen LogP contribution in [0.3, 0.4) is 0 Å². The summed E-state index contributed by atoms with van der Waals surface area (Å²) in [5, 5.41) is 4.11. The molecule has 25 heavy (non-hydrogen) atoms. The number of benzene rings is 1. The number of carbonyl (C=O) groups is 2. The Morgan fingerprint density at radius 3 is 2.92 bits per heavy atom. The molecule has 2 amide bonds. The van der Waals surface area contributed by atoms with Crippen LogP contribution < -0.4 is 9.64 Å². The molecule has 1 atom stereocenters. The number of anilines is 1. The zero-order valence-electron chi connectivity index (χ0n) is 14.7. The van der Waals surface area contributed by atoms with Gasteiger partial charge in [0.2, 0.25) is 11.8 Å². The highest BCUT2D eigenvalue weighted by Crippen LogP contribution is 2.28. The fourth-order valence-electron chi connectivity index (χ4n) is 3.12. The van der Waals surface area contributed by atoms with Gasteiger partial charge < -0.3 is 14.5 Å². The smallest absolute Gasteiger partial charge is 0.228 e. The molecule has 0 spiro atoms. The van der Waals surface area contributed by atoms with E-state index in [-0.39, 0.29) is 24.2 Å². The van der Waals surface area contributed by atoms with E-state index in [2.05, 4.69) is 5.10 Å². The maximum Gasteiger partial charge on any atom is 0.228 e. The van der Waals surface area contributed by atoms with E-state index in [4.69, 9.17) is 4.74 Å². The number of hydrogen-bond donors (Lipinski definition) is 0. The first kappa shape index (κ1) is 17.0. The van der Waals surface area contributed by atoms with Crippen molar-refractivity contribution in [2.24, 2.45) is 13.0 Å². The summed E-state index contributed by atoms with van der Waals surface area (Å²) in [5.74, 6) is 0.290. The van der Waals surface area contributed by atoms with Gasteiger partial charge in [0.1, 0.15) is 5.75 Å². The summed E-state index contributed by atoms with van der Waals surface area (Å²) in [6.45, 7) is 0.874. The molecule has 0 unspecified atom stereocenters. The molecule has 0 radical (unpaired) electrons. The number of methoxy groups -OCH3 is 1. The maximum atomic E-state index is 12.7. The number of ether oxygens (including phenoxy) is 1. The standard InChI is InChI=1S/C18H22N4O3/c1-20(10-13-9-19-21(2)11-13)18(24)14-7-17(23)22(12-14)15-5-4-6-16(8-15)25-3/h4-6,8-9,11,14H,7,10,12H2,1-3H3/t14-/m1/s1. The summed E-state index contributed by atoms with van der Waals surface area (Å²) in [6, 6.07) is 7.33. The van der Waals surface area contributed by atoms with Crippen LogP contribution in [-0.4, -0.2) is 47.2 Å². The molecule has 1 fully saturated rings. The summed E-state index contributed by atoms with van der Waals surface area (Å²) < 4.78 is 6.92. The molecule has 1 aromatic carbocycles. The number of rotatable bonds is 5. The summed E-state index contributed by atoms with van der Waals surface area (Å²) in [4.78, 5) is 28.4. The molecule has 0 saturated carbocycles. The summed E-state index contributed by atoms with van der Waals surface area (Å²) >= 11 is 0. The van der Waals surface area contributed by atoms with E-state index >= 15 is 0 Å². The Morgan fingerprint density at radius 2 is 2.24 bits per heavy atom. The predicted molar refractivity (Wildman–Crippen MR) is 93.1 cm³/mol. The van der Waals surface area contributed by atoms with E-state index in [0.717, 1.165) is 11.3 Å². The number of carbonyl (C=O) groups excluding carboxylic acids is 2. The lowest BCUT2D eigenvalue weighted by Gasteiger charge is -2.21. The van der Waals surface area contributed by atoms with Crippen molar-refractivity contribution < 1.29 is 14.3 Å². The maximum absolute atomic E-state index is 12.7. The molecule has 3 rings (SSSR count). The van der Waals surface area contributed by atoms with Crippen molar-refractivity contribution in [1.82, 2.24) is 14.7 Å². The van der Waals surface area contributed by atoms with Crippen LogP contribution in [-0.2, 0) is 23.2 Å². The normalized spacial score (nSPS) is 17.0. The summed E-state index contributed by atoms with van der Waals surface area (Å²) in [7, 11) is 5.19. The first-order valence-corrected chi connectivity index (χ1v) is 8.15. The van der Waals surface area contributed by atoms with Gasteiger partial charge in [0.25, 0.3) is 0 Å². The van der Waals surface area contributed by atoms with Gasteiger partial charge in [-0.3, -0.25) is 14.3 Å². The van der Waals surface area contributed by atoms with Gasteiger partial charge in [-0.1, -0.05) is 6.07 Å². The molecule has 7 nitrogen and oxygen atoms in total. The molecule has 0 aliphatic carbocycles. The minimum Gasteiger partial charge on any atom is -0.497 e. The highest BCUT2D eigenvalue weighted by atomic mass is 16.5. The van der Waals surface area contributed by atoms with Crippen LogP contribution in [0.4, 0.5) is 5.69 Å². The van der Waals surface area contributed by atoms with Crippen molar-refractivity contribution in [2.75, 3.05) is 25.6 Å². The van der Waals surface area contributed by atoms with Gasteiger partial charge in [0.05, 0.1) is 19.2 Å². The average molecular weight is 342 g/mol. The van der Waals surface area contributed by atoms with E-state index in [1.54, 1.807) is 34.8 Å². The molecule has 1 aliphatic heterocycles. The van der Waals surface area contributed by atoms with Crippen molar-refractivity contribution in [3.63, 3.8) is 0 Å². The lowest BCUT2D eigenvalue weighted by Crippen LogP contribution is -2.34. The van der Waals surface area contributed by atoms with Crippen molar-refractivity contribution >= 4 is 17.5 Å². The molecular weight excluding hydrogens is 320 g/mol. The average Bonchev–Trinajstić information content (AvgIpc) is 3.19. The second-order valence-corrected chi connectivity index (χ2v) is 6.32. The molecular formula is C18H22N4O3. The van der Waals surface area contributed by atoms with Gasteiger partial charge in [0.15, 0.2) is 0 Å². The van der Waals surface area contributed by atoms with Gasteiger partial charge in [-0.2, -0.15) is 5.10 Å². The third-order valence-corrected chi connectivity index (χ3v) is 4.39. The molecule has 1 saturated heterocycles. The van der Waals surface area contributed by atoms with Crippen LogP contribution in [0.5, 0.6) is 5.75 Å². The second-order valence-electron chi connectivity index (χ2n) is 6.32. The second kappa shape index (κ2) is 6.96. The quantitative estimate of drug-likeness (QED) is 0.825. The minimum atomic E-state index is -0.333. The Labute approximate surface area is 146 Å². The van der Waals surface area contributed by atoms with Crippen molar-refractivity contribution in [1.29, 1.82) is 0 Å². The van der Waals surface area contributed by atoms with Crippen LogP contribution in [0.2, 0.25) is 0 Å². The van der Waals surface area contributed by atoms with Crippen LogP contribution in [0.25, 0.3) is 0 Å². The van der Waals surface area contributed by atoms with E-state index < -0.39 is 0 Å². The van der Waals surface area contributed by atoms with Crippen molar-refractivity contribution in [2.45, 2.75) is 13.0 Å². The zero-order valence-corrected chi connectivity index (χ0v) is 14.7. The molecule has 0 N–H and O–H groups in total. The van der Waals surface area contributed by atoms with E-state index in [0.29, 0.717) is 18.8 Å². The number of hydrogen-bond acceptors (Lipinski definition) is 4. The first-order chi connectivity index (χ1) is 12.0. The van der Waals surface area contributed by atoms with Crippen molar-refractivity contribution in [3.05, 3.63) is 42.2 Å². The molecule has 0 bridgehead atoms. The minimum absolute atomic E-state index is 0.0254. The SMILES string of the molecule is COc1cccc(N2C[C@H](C(=O)N(C)Cc3cnn(C)c3)CC2=O)c1. The van der Waals surface area contributed by atoms with E-state index in [9.17, 15) is 9.59 Å². The van der Waals surface area contributed by atoms with E-state index in [1.165, 1.54) is 0 Å². The van der Waals surface area contributed by atoms with Crippen LogP contribution in [0.1, 0.15) is 12.0 Å². The van der Waals surface area contributed by atoms with Crippen LogP contribution in [0.15, 0.2) is 36.7 Å². The predicted octanol–water partition coefficient (Wildman–Crippen LogP) is 1.44. The van der Waals surface area contributed by atoms with Crippen LogP contribution in [0, 0.1) is 5.92 Å². The van der Waals surface area contributed by atoms with Gasteiger partial charge in [-0.25, -0.2) is 0 Å². The Balaban J connectivity index is 1.67. The van der Waals surface area contributed by atoms with Gasteiger partial charge in [-0.05, 0) is 12.1 Å². The lowest BCUT2D eigenvalue weighted by atomic mass is 10.1. The Hall–Kier alpha value is -2.83. The largest absolute Gasteiger partial charge is 0.497 e. The summed E-state index contributed by atoms with van der Waals surface area (Å²) in [5.41, 5.74) is 1.72. The number of aryl methyl sites for hydroxylation is 1. The number of aromatic nitrogens is 2. The third-order valence-electron chi connectivity index (χ3n) is 4.39. The van der Waals surface area contributed by atoms with E-state index in [1.807, 2.05) is 37.5 Å². The Bertz CT molecular complexity index is 786. The molecule has 1 aliphatic rings. The van der Waals surface area contributed by atoms with Gasteiger partial charge in [-0.15, -0.1) is 0 Å². The first-order valence-electron chi connectivity index (χ1n) is 8.15. The fraction of sp³-hybridized carbons (Fsp3) is 0.389. The Kier molecular flexibility index (Phi) is 4.74. The molecule has 132 valence electrons. The monoisotopic (exact) mass is 342 g/mol. The van der Waals surface area contributed by atoms with Crippen LogP contribution >= 0.6 is 0 Å². The number of nitrogens with zero attached hydrogens (tertiary/aromatic N) is 4. The number of amides is 2. The van der Waals surface area contributed by atoms with Gasteiger partial charge >= 0.3 is 0 Å². The topological polar surface area (TPSA) is 67.7 Å². The molecule has 2 heterocycles. The zero-order chi connectivity index (χ0) is 18.0. The third kappa shape index (κ3) is 3.65. The van der Waals surface area contributed by atoms with Gasteiger partial charge in [0, 0.05) is 57.1 Å². The van der Waals surface area contributed by atoms with Crippen molar-refractivity contribution in [3.8, 4) is 5.75 Å².